The van der Waals surface area contributed by atoms with Crippen molar-refractivity contribution in [3.05, 3.63) is 12.4 Å². The first kappa shape index (κ1) is 12.0. The Hall–Kier alpha value is -1.43. The largest absolute Gasteiger partial charge is 0.444 e. The molecule has 2 rings (SSSR count). The molecule has 0 atom stereocenters. The van der Waals surface area contributed by atoms with Crippen LogP contribution in [0.25, 0.3) is 0 Å². The highest BCUT2D eigenvalue weighted by atomic mass is 16.6. The molecule has 17 heavy (non-hydrogen) atoms. The Bertz CT molecular complexity index is 318. The smallest absolute Gasteiger partial charge is 0.407 e. The van der Waals surface area contributed by atoms with Crippen LogP contribution in [0.1, 0.15) is 33.6 Å². The van der Waals surface area contributed by atoms with Crippen molar-refractivity contribution in [1.82, 2.24) is 21.3 Å². The SMILES string of the molecule is CC(C)(C)OC(=O)NC1CC(N2C=CNN2)C1. The van der Waals surface area contributed by atoms with E-state index in [0.29, 0.717) is 6.04 Å². The van der Waals surface area contributed by atoms with Crippen LogP contribution in [0.15, 0.2) is 12.4 Å². The number of nitrogens with one attached hydrogen (secondary N) is 3. The molecule has 1 saturated carbocycles. The molecule has 0 spiro atoms. The molecule has 96 valence electrons. The van der Waals surface area contributed by atoms with E-state index in [1.54, 1.807) is 0 Å². The number of amides is 1. The number of hydrazine groups is 2. The lowest BCUT2D eigenvalue weighted by molar-refractivity contribution is 0.0393. The van der Waals surface area contributed by atoms with Crippen molar-refractivity contribution in [3.8, 4) is 0 Å². The van der Waals surface area contributed by atoms with Crippen molar-refractivity contribution in [3.63, 3.8) is 0 Å². The summed E-state index contributed by atoms with van der Waals surface area (Å²) in [7, 11) is 0. The van der Waals surface area contributed by atoms with E-state index in [0.717, 1.165) is 12.8 Å². The summed E-state index contributed by atoms with van der Waals surface area (Å²) < 4.78 is 5.20. The number of rotatable bonds is 2. The van der Waals surface area contributed by atoms with Crippen LogP contribution in [-0.2, 0) is 4.74 Å². The van der Waals surface area contributed by atoms with Crippen LogP contribution >= 0.6 is 0 Å². The summed E-state index contributed by atoms with van der Waals surface area (Å²) in [6, 6.07) is 0.645. The van der Waals surface area contributed by atoms with E-state index in [1.165, 1.54) is 0 Å². The van der Waals surface area contributed by atoms with Crippen molar-refractivity contribution in [2.24, 2.45) is 0 Å². The van der Waals surface area contributed by atoms with Gasteiger partial charge in [-0.15, -0.1) is 5.53 Å². The van der Waals surface area contributed by atoms with Crippen LogP contribution < -0.4 is 16.3 Å². The Morgan fingerprint density at radius 2 is 2.18 bits per heavy atom. The van der Waals surface area contributed by atoms with Gasteiger partial charge in [-0.05, 0) is 33.6 Å². The fraction of sp³-hybridized carbons (Fsp3) is 0.727. The van der Waals surface area contributed by atoms with E-state index in [-0.39, 0.29) is 12.1 Å². The first-order valence-corrected chi connectivity index (χ1v) is 5.90. The van der Waals surface area contributed by atoms with Crippen molar-refractivity contribution in [1.29, 1.82) is 0 Å². The number of hydrogen-bond donors (Lipinski definition) is 3. The third kappa shape index (κ3) is 3.26. The topological polar surface area (TPSA) is 65.6 Å². The Balaban J connectivity index is 1.66. The fourth-order valence-electron chi connectivity index (χ4n) is 1.89. The highest BCUT2D eigenvalue weighted by molar-refractivity contribution is 5.68. The summed E-state index contributed by atoms with van der Waals surface area (Å²) in [5.41, 5.74) is 5.46. The molecule has 1 fully saturated rings. The number of hydrogen-bond acceptors (Lipinski definition) is 5. The maximum Gasteiger partial charge on any atom is 0.407 e. The Kier molecular flexibility index (Phi) is 3.15. The van der Waals surface area contributed by atoms with Crippen LogP contribution in [-0.4, -0.2) is 28.8 Å². The lowest BCUT2D eigenvalue weighted by Gasteiger charge is -2.40. The monoisotopic (exact) mass is 240 g/mol. The van der Waals surface area contributed by atoms with Crippen LogP contribution in [0.5, 0.6) is 0 Å². The van der Waals surface area contributed by atoms with Crippen LogP contribution in [0.2, 0.25) is 0 Å². The van der Waals surface area contributed by atoms with Gasteiger partial charge >= 0.3 is 6.09 Å². The minimum Gasteiger partial charge on any atom is -0.444 e. The molecule has 1 aliphatic carbocycles. The standard InChI is InChI=1S/C11H20N4O2/c1-11(2,3)17-10(16)13-8-6-9(7-8)15-5-4-12-14-15/h4-5,8-9,12,14H,6-7H2,1-3H3,(H,13,16). The molecule has 0 unspecified atom stereocenters. The van der Waals surface area contributed by atoms with Crippen molar-refractivity contribution < 1.29 is 9.53 Å². The second kappa shape index (κ2) is 4.44. The van der Waals surface area contributed by atoms with Gasteiger partial charge in [-0.1, -0.05) is 0 Å². The molecule has 2 aliphatic rings. The second-order valence-corrected chi connectivity index (χ2v) is 5.45. The maximum atomic E-state index is 11.5. The van der Waals surface area contributed by atoms with Gasteiger partial charge in [-0.25, -0.2) is 4.79 Å². The molecule has 1 aliphatic heterocycles. The van der Waals surface area contributed by atoms with Gasteiger partial charge in [-0.3, -0.25) is 5.01 Å². The normalized spacial score (nSPS) is 27.4. The van der Waals surface area contributed by atoms with Gasteiger partial charge in [0, 0.05) is 18.4 Å². The van der Waals surface area contributed by atoms with Gasteiger partial charge < -0.3 is 15.5 Å². The molecular weight excluding hydrogens is 220 g/mol. The van der Waals surface area contributed by atoms with Crippen LogP contribution in [0.4, 0.5) is 4.79 Å². The Labute approximate surface area is 101 Å². The Morgan fingerprint density at radius 3 is 2.71 bits per heavy atom. The average Bonchev–Trinajstić information content (AvgIpc) is 2.59. The quantitative estimate of drug-likeness (QED) is 0.667. The van der Waals surface area contributed by atoms with Crippen molar-refractivity contribution >= 4 is 6.09 Å². The zero-order valence-electron chi connectivity index (χ0n) is 10.5. The number of carbonyl (C=O) groups is 1. The van der Waals surface area contributed by atoms with Crippen LogP contribution in [0.3, 0.4) is 0 Å². The molecule has 1 heterocycles. The summed E-state index contributed by atoms with van der Waals surface area (Å²) in [6.07, 6.45) is 5.32. The second-order valence-electron chi connectivity index (χ2n) is 5.45. The lowest BCUT2D eigenvalue weighted by Crippen LogP contribution is -2.56. The zero-order chi connectivity index (χ0) is 12.5. The first-order valence-electron chi connectivity index (χ1n) is 5.90. The molecule has 0 aromatic rings. The van der Waals surface area contributed by atoms with E-state index < -0.39 is 5.60 Å². The molecule has 3 N–H and O–H groups in total. The van der Waals surface area contributed by atoms with E-state index in [1.807, 2.05) is 38.2 Å². The summed E-state index contributed by atoms with van der Waals surface area (Å²) >= 11 is 0. The number of nitrogens with zero attached hydrogens (tertiary/aromatic N) is 1. The molecule has 0 saturated heterocycles. The highest BCUT2D eigenvalue weighted by Gasteiger charge is 2.35. The first-order chi connectivity index (χ1) is 7.94. The van der Waals surface area contributed by atoms with Gasteiger partial charge in [0.1, 0.15) is 5.60 Å². The lowest BCUT2D eigenvalue weighted by atomic mass is 9.86. The third-order valence-electron chi connectivity index (χ3n) is 2.74. The van der Waals surface area contributed by atoms with Gasteiger partial charge in [-0.2, -0.15) is 0 Å². The summed E-state index contributed by atoms with van der Waals surface area (Å²) in [5.74, 6) is 0. The van der Waals surface area contributed by atoms with Gasteiger partial charge in [0.15, 0.2) is 0 Å². The average molecular weight is 240 g/mol. The fourth-order valence-corrected chi connectivity index (χ4v) is 1.89. The van der Waals surface area contributed by atoms with Crippen LogP contribution in [0, 0.1) is 0 Å². The Morgan fingerprint density at radius 1 is 1.47 bits per heavy atom. The van der Waals surface area contributed by atoms with Crippen molar-refractivity contribution in [2.75, 3.05) is 0 Å². The number of carbonyl (C=O) groups excluding carboxylic acids is 1. The molecule has 0 bridgehead atoms. The van der Waals surface area contributed by atoms with E-state index in [4.69, 9.17) is 4.74 Å². The molecule has 1 amide bonds. The minimum absolute atomic E-state index is 0.214. The summed E-state index contributed by atoms with van der Waals surface area (Å²) in [4.78, 5) is 11.5. The van der Waals surface area contributed by atoms with E-state index >= 15 is 0 Å². The van der Waals surface area contributed by atoms with Crippen molar-refractivity contribution in [2.45, 2.75) is 51.3 Å². The molecule has 6 nitrogen and oxygen atoms in total. The van der Waals surface area contributed by atoms with Gasteiger partial charge in [0.2, 0.25) is 0 Å². The summed E-state index contributed by atoms with van der Waals surface area (Å²) in [6.45, 7) is 5.59. The zero-order valence-corrected chi connectivity index (χ0v) is 10.5. The molecule has 0 aromatic heterocycles. The predicted molar refractivity (Wildman–Crippen MR) is 63.4 cm³/mol. The number of alkyl carbamates (subject to hydrolysis) is 1. The molecule has 6 heteroatoms. The number of ether oxygens (including phenoxy) is 1. The van der Waals surface area contributed by atoms with Gasteiger partial charge in [0.05, 0.1) is 6.04 Å². The molecular formula is C11H20N4O2. The minimum atomic E-state index is -0.434. The molecule has 0 aromatic carbocycles. The maximum absolute atomic E-state index is 11.5. The van der Waals surface area contributed by atoms with E-state index in [2.05, 4.69) is 16.3 Å². The highest BCUT2D eigenvalue weighted by Crippen LogP contribution is 2.25. The predicted octanol–water partition coefficient (Wildman–Crippen LogP) is 0.838. The molecule has 0 radical (unpaired) electrons. The van der Waals surface area contributed by atoms with E-state index in [9.17, 15) is 4.79 Å². The van der Waals surface area contributed by atoms with Gasteiger partial charge in [0.25, 0.3) is 0 Å². The summed E-state index contributed by atoms with van der Waals surface area (Å²) in [5, 5.41) is 4.87. The third-order valence-corrected chi connectivity index (χ3v) is 2.74.